The van der Waals surface area contributed by atoms with Gasteiger partial charge in [-0.3, -0.25) is 14.9 Å². The fraction of sp³-hybridized carbons (Fsp3) is 0.316. The summed E-state index contributed by atoms with van der Waals surface area (Å²) < 4.78 is 16.5. The van der Waals surface area contributed by atoms with Gasteiger partial charge in [0.2, 0.25) is 0 Å². The smallest absolute Gasteiger partial charge is 0.269 e. The van der Waals surface area contributed by atoms with Gasteiger partial charge in [-0.2, -0.15) is 0 Å². The van der Waals surface area contributed by atoms with Crippen LogP contribution < -0.4 is 14.8 Å². The van der Waals surface area contributed by atoms with Crippen molar-refractivity contribution < 1.29 is 23.9 Å². The molecule has 1 atom stereocenters. The number of nitro groups is 1. The maximum absolute atomic E-state index is 12.0. The normalized spacial score (nSPS) is 15.9. The van der Waals surface area contributed by atoms with Crippen molar-refractivity contribution in [2.24, 2.45) is 0 Å². The van der Waals surface area contributed by atoms with Gasteiger partial charge in [0.05, 0.1) is 11.0 Å². The highest BCUT2D eigenvalue weighted by molar-refractivity contribution is 5.91. The van der Waals surface area contributed by atoms with Crippen molar-refractivity contribution in [1.82, 2.24) is 0 Å². The molecule has 1 N–H and O–H groups in total. The Hall–Kier alpha value is -3.13. The number of rotatable bonds is 8. The largest absolute Gasteiger partial charge is 0.491 e. The minimum atomic E-state index is -0.495. The zero-order valence-electron chi connectivity index (χ0n) is 14.6. The summed E-state index contributed by atoms with van der Waals surface area (Å²) in [7, 11) is 0. The Kier molecular flexibility index (Phi) is 6.22. The summed E-state index contributed by atoms with van der Waals surface area (Å²) in [5.74, 6) is 0.764. The van der Waals surface area contributed by atoms with Gasteiger partial charge in [0.1, 0.15) is 18.1 Å². The van der Waals surface area contributed by atoms with Gasteiger partial charge >= 0.3 is 0 Å². The number of hydrogen-bond acceptors (Lipinski definition) is 6. The molecule has 0 aliphatic carbocycles. The number of nitrogens with one attached hydrogen (secondary N) is 1. The van der Waals surface area contributed by atoms with E-state index in [-0.39, 0.29) is 24.3 Å². The van der Waals surface area contributed by atoms with Crippen molar-refractivity contribution in [3.8, 4) is 11.5 Å². The number of carbonyl (C=O) groups excluding carboxylic acids is 1. The fourth-order valence-electron chi connectivity index (χ4n) is 2.61. The Morgan fingerprint density at radius 3 is 2.41 bits per heavy atom. The first-order chi connectivity index (χ1) is 13.1. The summed E-state index contributed by atoms with van der Waals surface area (Å²) in [5.41, 5.74) is 0.588. The lowest BCUT2D eigenvalue weighted by molar-refractivity contribution is -0.384. The molecule has 1 fully saturated rings. The van der Waals surface area contributed by atoms with E-state index in [0.717, 1.165) is 19.4 Å². The predicted octanol–water partition coefficient (Wildman–Crippen LogP) is 3.17. The van der Waals surface area contributed by atoms with Crippen molar-refractivity contribution in [2.75, 3.05) is 25.1 Å². The van der Waals surface area contributed by atoms with E-state index in [4.69, 9.17) is 14.2 Å². The summed E-state index contributed by atoms with van der Waals surface area (Å²) in [5, 5.41) is 13.3. The molecule has 142 valence electrons. The first kappa shape index (κ1) is 18.7. The molecule has 8 heteroatoms. The summed E-state index contributed by atoms with van der Waals surface area (Å²) in [6, 6.07) is 12.6. The topological polar surface area (TPSA) is 99.9 Å². The fourth-order valence-corrected chi connectivity index (χ4v) is 2.61. The Morgan fingerprint density at radius 2 is 1.78 bits per heavy atom. The molecular weight excluding hydrogens is 352 g/mol. The Balaban J connectivity index is 1.42. The third-order valence-electron chi connectivity index (χ3n) is 4.02. The number of amides is 1. The van der Waals surface area contributed by atoms with Crippen LogP contribution >= 0.6 is 0 Å². The van der Waals surface area contributed by atoms with Crippen LogP contribution in [0.15, 0.2) is 48.5 Å². The molecule has 8 nitrogen and oxygen atoms in total. The van der Waals surface area contributed by atoms with E-state index >= 15 is 0 Å². The van der Waals surface area contributed by atoms with Crippen LogP contribution in [0.3, 0.4) is 0 Å². The van der Waals surface area contributed by atoms with E-state index in [0.29, 0.717) is 23.8 Å². The number of nitro benzene ring substituents is 1. The molecule has 2 aromatic rings. The van der Waals surface area contributed by atoms with Crippen LogP contribution in [-0.4, -0.2) is 36.8 Å². The second-order valence-corrected chi connectivity index (χ2v) is 6.06. The highest BCUT2D eigenvalue weighted by Crippen LogP contribution is 2.19. The van der Waals surface area contributed by atoms with Crippen LogP contribution in [0.2, 0.25) is 0 Å². The van der Waals surface area contributed by atoms with E-state index in [1.54, 1.807) is 24.3 Å². The molecule has 1 aliphatic rings. The molecule has 1 aliphatic heterocycles. The van der Waals surface area contributed by atoms with Crippen LogP contribution in [0.25, 0.3) is 0 Å². The number of benzene rings is 2. The third kappa shape index (κ3) is 5.68. The van der Waals surface area contributed by atoms with Gasteiger partial charge in [0, 0.05) is 24.4 Å². The number of nitrogens with zero attached hydrogens (tertiary/aromatic N) is 1. The minimum Gasteiger partial charge on any atom is -0.491 e. The van der Waals surface area contributed by atoms with Crippen molar-refractivity contribution >= 4 is 17.3 Å². The van der Waals surface area contributed by atoms with Gasteiger partial charge in [-0.15, -0.1) is 0 Å². The number of carbonyl (C=O) groups is 1. The van der Waals surface area contributed by atoms with Crippen molar-refractivity contribution in [1.29, 1.82) is 0 Å². The summed E-state index contributed by atoms with van der Waals surface area (Å²) in [4.78, 5) is 22.1. The molecule has 0 bridgehead atoms. The zero-order chi connectivity index (χ0) is 19.1. The van der Waals surface area contributed by atoms with Crippen LogP contribution in [0.4, 0.5) is 11.4 Å². The number of anilines is 1. The Labute approximate surface area is 156 Å². The molecule has 0 radical (unpaired) electrons. The summed E-state index contributed by atoms with van der Waals surface area (Å²) >= 11 is 0. The monoisotopic (exact) mass is 372 g/mol. The standard InChI is InChI=1S/C19H20N2O6/c22-19(13-27-17-9-5-15(6-10-17)21(23)24)20-14-3-7-16(8-4-14)26-12-18-2-1-11-25-18/h3-10,18H,1-2,11-13H2,(H,20,22). The lowest BCUT2D eigenvalue weighted by atomic mass is 10.2. The second kappa shape index (κ2) is 9.00. The second-order valence-electron chi connectivity index (χ2n) is 6.06. The Morgan fingerprint density at radius 1 is 1.11 bits per heavy atom. The van der Waals surface area contributed by atoms with Crippen LogP contribution in [0.1, 0.15) is 12.8 Å². The molecule has 1 heterocycles. The molecule has 0 spiro atoms. The van der Waals surface area contributed by atoms with Crippen LogP contribution in [-0.2, 0) is 9.53 Å². The first-order valence-corrected chi connectivity index (χ1v) is 8.62. The van der Waals surface area contributed by atoms with Crippen LogP contribution in [0, 0.1) is 10.1 Å². The lowest BCUT2D eigenvalue weighted by Gasteiger charge is -2.12. The van der Waals surface area contributed by atoms with Gasteiger partial charge in [-0.25, -0.2) is 0 Å². The van der Waals surface area contributed by atoms with E-state index in [1.807, 2.05) is 0 Å². The molecule has 1 unspecified atom stereocenters. The highest BCUT2D eigenvalue weighted by Gasteiger charge is 2.16. The quantitative estimate of drug-likeness (QED) is 0.564. The third-order valence-corrected chi connectivity index (χ3v) is 4.02. The molecular formula is C19H20N2O6. The molecule has 1 saturated heterocycles. The molecule has 0 saturated carbocycles. The Bertz CT molecular complexity index is 770. The first-order valence-electron chi connectivity index (χ1n) is 8.62. The van der Waals surface area contributed by atoms with E-state index < -0.39 is 4.92 Å². The molecule has 1 amide bonds. The number of ether oxygens (including phenoxy) is 3. The van der Waals surface area contributed by atoms with Crippen molar-refractivity contribution in [2.45, 2.75) is 18.9 Å². The van der Waals surface area contributed by atoms with Gasteiger partial charge in [0.25, 0.3) is 11.6 Å². The van der Waals surface area contributed by atoms with Crippen molar-refractivity contribution in [3.05, 3.63) is 58.6 Å². The van der Waals surface area contributed by atoms with Gasteiger partial charge in [0.15, 0.2) is 6.61 Å². The van der Waals surface area contributed by atoms with E-state index in [9.17, 15) is 14.9 Å². The summed E-state index contributed by atoms with van der Waals surface area (Å²) in [6.07, 6.45) is 2.24. The highest BCUT2D eigenvalue weighted by atomic mass is 16.6. The van der Waals surface area contributed by atoms with E-state index in [2.05, 4.69) is 5.32 Å². The SMILES string of the molecule is O=C(COc1ccc([N+](=O)[O-])cc1)Nc1ccc(OCC2CCCO2)cc1. The molecule has 27 heavy (non-hydrogen) atoms. The predicted molar refractivity (Wildman–Crippen MR) is 98.1 cm³/mol. The molecule has 3 rings (SSSR count). The average molecular weight is 372 g/mol. The van der Waals surface area contributed by atoms with Gasteiger partial charge < -0.3 is 19.5 Å². The van der Waals surface area contributed by atoms with E-state index in [1.165, 1.54) is 24.3 Å². The maximum atomic E-state index is 12.0. The average Bonchev–Trinajstić information content (AvgIpc) is 3.20. The zero-order valence-corrected chi connectivity index (χ0v) is 14.6. The molecule has 0 aromatic heterocycles. The number of hydrogen-bond donors (Lipinski definition) is 1. The number of non-ortho nitro benzene ring substituents is 1. The maximum Gasteiger partial charge on any atom is 0.269 e. The van der Waals surface area contributed by atoms with Crippen molar-refractivity contribution in [3.63, 3.8) is 0 Å². The summed E-state index contributed by atoms with van der Waals surface area (Å²) in [6.45, 7) is 1.12. The lowest BCUT2D eigenvalue weighted by Crippen LogP contribution is -2.20. The molecule has 2 aromatic carbocycles. The van der Waals surface area contributed by atoms with Gasteiger partial charge in [-0.1, -0.05) is 0 Å². The van der Waals surface area contributed by atoms with Crippen LogP contribution in [0.5, 0.6) is 11.5 Å². The van der Waals surface area contributed by atoms with Gasteiger partial charge in [-0.05, 0) is 49.2 Å². The minimum absolute atomic E-state index is 0.0337.